The standard InChI is InChI=1S/C11H14ClNO/c1-14-10-5-8(4-9(12)6-10)7-11(13)2-3-11/h4-6H,2-3,7,13H2,1H3. The van der Waals surface area contributed by atoms with Crippen molar-refractivity contribution in [2.75, 3.05) is 7.11 Å². The lowest BCUT2D eigenvalue weighted by molar-refractivity contribution is 0.414. The first-order valence-electron chi connectivity index (χ1n) is 4.74. The largest absolute Gasteiger partial charge is 0.497 e. The average molecular weight is 212 g/mol. The van der Waals surface area contributed by atoms with E-state index < -0.39 is 0 Å². The molecule has 1 saturated carbocycles. The smallest absolute Gasteiger partial charge is 0.120 e. The van der Waals surface area contributed by atoms with Gasteiger partial charge >= 0.3 is 0 Å². The second kappa shape index (κ2) is 3.44. The molecule has 0 radical (unpaired) electrons. The molecule has 14 heavy (non-hydrogen) atoms. The summed E-state index contributed by atoms with van der Waals surface area (Å²) in [6.07, 6.45) is 3.12. The van der Waals surface area contributed by atoms with E-state index in [2.05, 4.69) is 0 Å². The number of halogens is 1. The van der Waals surface area contributed by atoms with Crippen LogP contribution in [0.4, 0.5) is 0 Å². The maximum absolute atomic E-state index is 6.04. The summed E-state index contributed by atoms with van der Waals surface area (Å²) in [6.45, 7) is 0. The molecule has 76 valence electrons. The number of ether oxygens (including phenoxy) is 1. The summed E-state index contributed by atoms with van der Waals surface area (Å²) in [5.74, 6) is 0.803. The van der Waals surface area contributed by atoms with Crippen molar-refractivity contribution in [3.8, 4) is 5.75 Å². The van der Waals surface area contributed by atoms with Crippen LogP contribution < -0.4 is 10.5 Å². The third-order valence-electron chi connectivity index (χ3n) is 2.62. The van der Waals surface area contributed by atoms with Gasteiger partial charge in [-0.05, 0) is 43.0 Å². The van der Waals surface area contributed by atoms with Gasteiger partial charge in [0.05, 0.1) is 7.11 Å². The summed E-state index contributed by atoms with van der Waals surface area (Å²) in [5, 5.41) is 0.712. The molecule has 0 amide bonds. The molecule has 1 aromatic rings. The van der Waals surface area contributed by atoms with Gasteiger partial charge in [-0.3, -0.25) is 0 Å². The second-order valence-electron chi connectivity index (χ2n) is 4.04. The van der Waals surface area contributed by atoms with E-state index in [0.29, 0.717) is 5.02 Å². The van der Waals surface area contributed by atoms with Crippen LogP contribution in [0.25, 0.3) is 0 Å². The second-order valence-corrected chi connectivity index (χ2v) is 4.47. The summed E-state index contributed by atoms with van der Waals surface area (Å²) < 4.78 is 5.15. The zero-order valence-corrected chi connectivity index (χ0v) is 8.97. The van der Waals surface area contributed by atoms with Crippen molar-refractivity contribution in [2.45, 2.75) is 24.8 Å². The van der Waals surface area contributed by atoms with Gasteiger partial charge in [0, 0.05) is 10.6 Å². The van der Waals surface area contributed by atoms with Gasteiger partial charge in [0.2, 0.25) is 0 Å². The highest BCUT2D eigenvalue weighted by Crippen LogP contribution is 2.36. The Morgan fingerprint density at radius 1 is 1.43 bits per heavy atom. The molecule has 2 N–H and O–H groups in total. The molecule has 0 aliphatic heterocycles. The van der Waals surface area contributed by atoms with Crippen molar-refractivity contribution in [1.82, 2.24) is 0 Å². The van der Waals surface area contributed by atoms with Crippen LogP contribution in [0.5, 0.6) is 5.75 Å². The van der Waals surface area contributed by atoms with Crippen LogP contribution in [-0.4, -0.2) is 12.6 Å². The first-order valence-corrected chi connectivity index (χ1v) is 5.11. The van der Waals surface area contributed by atoms with E-state index in [4.69, 9.17) is 22.1 Å². The van der Waals surface area contributed by atoms with E-state index in [-0.39, 0.29) is 5.54 Å². The van der Waals surface area contributed by atoms with Crippen LogP contribution in [0.1, 0.15) is 18.4 Å². The summed E-state index contributed by atoms with van der Waals surface area (Å²) in [7, 11) is 1.64. The summed E-state index contributed by atoms with van der Waals surface area (Å²) in [5.41, 5.74) is 7.22. The topological polar surface area (TPSA) is 35.2 Å². The molecule has 2 nitrogen and oxygen atoms in total. The van der Waals surface area contributed by atoms with E-state index >= 15 is 0 Å². The SMILES string of the molecule is COc1cc(Cl)cc(CC2(N)CC2)c1. The quantitative estimate of drug-likeness (QED) is 0.833. The molecule has 1 aliphatic rings. The molecule has 0 unspecified atom stereocenters. The van der Waals surface area contributed by atoms with Gasteiger partial charge in [0.25, 0.3) is 0 Å². The molecule has 3 heteroatoms. The van der Waals surface area contributed by atoms with Gasteiger partial charge < -0.3 is 10.5 Å². The number of benzene rings is 1. The Hall–Kier alpha value is -0.730. The number of methoxy groups -OCH3 is 1. The van der Waals surface area contributed by atoms with Crippen LogP contribution in [0, 0.1) is 0 Å². The fourth-order valence-electron chi connectivity index (χ4n) is 1.58. The highest BCUT2D eigenvalue weighted by molar-refractivity contribution is 6.30. The Morgan fingerprint density at radius 2 is 2.14 bits per heavy atom. The lowest BCUT2D eigenvalue weighted by Crippen LogP contribution is -2.24. The molecule has 0 atom stereocenters. The van der Waals surface area contributed by atoms with Crippen LogP contribution >= 0.6 is 11.6 Å². The Labute approximate surface area is 89.0 Å². The fourth-order valence-corrected chi connectivity index (χ4v) is 1.83. The first kappa shape index (κ1) is 9.81. The minimum absolute atomic E-state index is 0.0235. The summed E-state index contributed by atoms with van der Waals surface area (Å²) in [6, 6.07) is 5.76. The van der Waals surface area contributed by atoms with E-state index in [0.717, 1.165) is 30.6 Å². The third-order valence-corrected chi connectivity index (χ3v) is 2.83. The number of hydrogen-bond acceptors (Lipinski definition) is 2. The Morgan fingerprint density at radius 3 is 2.71 bits per heavy atom. The Kier molecular flexibility index (Phi) is 2.41. The summed E-state index contributed by atoms with van der Waals surface area (Å²) in [4.78, 5) is 0. The van der Waals surface area contributed by atoms with E-state index in [9.17, 15) is 0 Å². The molecular weight excluding hydrogens is 198 g/mol. The Bertz CT molecular complexity index is 347. The van der Waals surface area contributed by atoms with Gasteiger partial charge in [-0.2, -0.15) is 0 Å². The molecule has 0 spiro atoms. The number of hydrogen-bond donors (Lipinski definition) is 1. The minimum Gasteiger partial charge on any atom is -0.497 e. The van der Waals surface area contributed by atoms with Crippen molar-refractivity contribution in [1.29, 1.82) is 0 Å². The zero-order chi connectivity index (χ0) is 10.2. The predicted molar refractivity (Wildman–Crippen MR) is 57.9 cm³/mol. The van der Waals surface area contributed by atoms with Crippen LogP contribution in [0.2, 0.25) is 5.02 Å². The molecule has 1 aromatic carbocycles. The highest BCUT2D eigenvalue weighted by atomic mass is 35.5. The maximum atomic E-state index is 6.04. The number of nitrogens with two attached hydrogens (primary N) is 1. The fraction of sp³-hybridized carbons (Fsp3) is 0.455. The summed E-state index contributed by atoms with van der Waals surface area (Å²) >= 11 is 5.96. The molecule has 1 aliphatic carbocycles. The lowest BCUT2D eigenvalue weighted by Gasteiger charge is -2.10. The van der Waals surface area contributed by atoms with Gasteiger partial charge in [0.15, 0.2) is 0 Å². The predicted octanol–water partition coefficient (Wildman–Crippen LogP) is 2.38. The van der Waals surface area contributed by atoms with Gasteiger partial charge in [-0.25, -0.2) is 0 Å². The normalized spacial score (nSPS) is 17.9. The average Bonchev–Trinajstić information content (AvgIpc) is 2.82. The van der Waals surface area contributed by atoms with Gasteiger partial charge in [-0.1, -0.05) is 11.6 Å². The van der Waals surface area contributed by atoms with Crippen molar-refractivity contribution in [3.05, 3.63) is 28.8 Å². The zero-order valence-electron chi connectivity index (χ0n) is 8.22. The number of rotatable bonds is 3. The van der Waals surface area contributed by atoms with Gasteiger partial charge in [0.1, 0.15) is 5.75 Å². The van der Waals surface area contributed by atoms with Crippen LogP contribution in [0.15, 0.2) is 18.2 Å². The third kappa shape index (κ3) is 2.20. The van der Waals surface area contributed by atoms with Gasteiger partial charge in [-0.15, -0.1) is 0 Å². The molecule has 0 bridgehead atoms. The minimum atomic E-state index is 0.0235. The molecule has 2 rings (SSSR count). The van der Waals surface area contributed by atoms with Crippen LogP contribution in [-0.2, 0) is 6.42 Å². The first-order chi connectivity index (χ1) is 6.61. The van der Waals surface area contributed by atoms with E-state index in [1.165, 1.54) is 0 Å². The lowest BCUT2D eigenvalue weighted by atomic mass is 10.0. The van der Waals surface area contributed by atoms with E-state index in [1.807, 2.05) is 12.1 Å². The highest BCUT2D eigenvalue weighted by Gasteiger charge is 2.38. The molecular formula is C11H14ClNO. The molecule has 1 fully saturated rings. The molecule has 0 heterocycles. The maximum Gasteiger partial charge on any atom is 0.120 e. The Balaban J connectivity index is 2.20. The van der Waals surface area contributed by atoms with Crippen molar-refractivity contribution in [3.63, 3.8) is 0 Å². The van der Waals surface area contributed by atoms with Crippen molar-refractivity contribution in [2.24, 2.45) is 5.73 Å². The monoisotopic (exact) mass is 211 g/mol. The molecule has 0 saturated heterocycles. The van der Waals surface area contributed by atoms with Crippen LogP contribution in [0.3, 0.4) is 0 Å². The van der Waals surface area contributed by atoms with Crippen molar-refractivity contribution < 1.29 is 4.74 Å². The molecule has 0 aromatic heterocycles. The van der Waals surface area contributed by atoms with E-state index in [1.54, 1.807) is 13.2 Å². The van der Waals surface area contributed by atoms with Crippen molar-refractivity contribution >= 4 is 11.6 Å².